The topological polar surface area (TPSA) is 51.8 Å². The van der Waals surface area contributed by atoms with Gasteiger partial charge in [-0.3, -0.25) is 9.97 Å². The summed E-state index contributed by atoms with van der Waals surface area (Å²) in [7, 11) is 0. The van der Waals surface area contributed by atoms with E-state index in [-0.39, 0.29) is 18.4 Å². The van der Waals surface area contributed by atoms with Crippen molar-refractivity contribution in [1.82, 2.24) is 9.97 Å². The van der Waals surface area contributed by atoms with Gasteiger partial charge in [0, 0.05) is 23.5 Å². The molecule has 2 aromatic heterocycles. The van der Waals surface area contributed by atoms with Gasteiger partial charge in [-0.2, -0.15) is 13.2 Å². The molecule has 0 spiro atoms. The predicted molar refractivity (Wildman–Crippen MR) is 84.2 cm³/mol. The Hall–Kier alpha value is -1.66. The van der Waals surface area contributed by atoms with Gasteiger partial charge in [-0.15, -0.1) is 12.4 Å². The first-order valence-corrected chi connectivity index (χ1v) is 7.24. The van der Waals surface area contributed by atoms with Crippen molar-refractivity contribution in [2.45, 2.75) is 37.9 Å². The molecule has 2 N–H and O–H groups in total. The van der Waals surface area contributed by atoms with Crippen LogP contribution in [0.15, 0.2) is 30.5 Å². The van der Waals surface area contributed by atoms with Gasteiger partial charge < -0.3 is 5.73 Å². The van der Waals surface area contributed by atoms with E-state index in [0.717, 1.165) is 49.2 Å². The van der Waals surface area contributed by atoms with Crippen LogP contribution in [0.4, 0.5) is 13.2 Å². The Morgan fingerprint density at radius 2 is 1.91 bits per heavy atom. The first-order chi connectivity index (χ1) is 10.4. The molecule has 23 heavy (non-hydrogen) atoms. The monoisotopic (exact) mass is 343 g/mol. The zero-order valence-electron chi connectivity index (χ0n) is 12.3. The largest absolute Gasteiger partial charge is 0.433 e. The van der Waals surface area contributed by atoms with Gasteiger partial charge in [-0.25, -0.2) is 0 Å². The lowest BCUT2D eigenvalue weighted by Gasteiger charge is -2.13. The maximum atomic E-state index is 12.8. The minimum absolute atomic E-state index is 0. The van der Waals surface area contributed by atoms with Crippen LogP contribution in [0.1, 0.15) is 42.3 Å². The first-order valence-electron chi connectivity index (χ1n) is 7.24. The highest BCUT2D eigenvalue weighted by molar-refractivity contribution is 5.85. The number of hydrogen-bond acceptors (Lipinski definition) is 3. The molecule has 0 amide bonds. The highest BCUT2D eigenvalue weighted by Crippen LogP contribution is 2.32. The fraction of sp³-hybridized carbons (Fsp3) is 0.375. The van der Waals surface area contributed by atoms with Gasteiger partial charge in [0.25, 0.3) is 0 Å². The molecule has 1 aliphatic carbocycles. The molecule has 1 unspecified atom stereocenters. The lowest BCUT2D eigenvalue weighted by atomic mass is 10.0. The Kier molecular flexibility index (Phi) is 5.26. The summed E-state index contributed by atoms with van der Waals surface area (Å²) in [5.74, 6) is 0. The van der Waals surface area contributed by atoms with Crippen molar-refractivity contribution in [3.63, 3.8) is 0 Å². The summed E-state index contributed by atoms with van der Waals surface area (Å²) in [6.07, 6.45) is 0.485. The molecule has 0 saturated carbocycles. The maximum absolute atomic E-state index is 12.8. The second-order valence-corrected chi connectivity index (χ2v) is 5.51. The van der Waals surface area contributed by atoms with E-state index in [1.807, 2.05) is 6.07 Å². The fourth-order valence-corrected chi connectivity index (χ4v) is 2.77. The third-order valence-corrected chi connectivity index (χ3v) is 3.93. The summed E-state index contributed by atoms with van der Waals surface area (Å²) in [4.78, 5) is 7.92. The number of nitrogens with two attached hydrogens (primary N) is 1. The second kappa shape index (κ2) is 6.84. The second-order valence-electron chi connectivity index (χ2n) is 5.51. The molecule has 3 rings (SSSR count). The van der Waals surface area contributed by atoms with Crippen LogP contribution in [-0.4, -0.2) is 9.97 Å². The van der Waals surface area contributed by atoms with Gasteiger partial charge in [-0.1, -0.05) is 12.5 Å². The van der Waals surface area contributed by atoms with Crippen molar-refractivity contribution in [2.24, 2.45) is 5.73 Å². The Morgan fingerprint density at radius 1 is 1.13 bits per heavy atom. The van der Waals surface area contributed by atoms with Crippen LogP contribution in [0.25, 0.3) is 11.3 Å². The molecule has 0 bridgehead atoms. The van der Waals surface area contributed by atoms with Crippen molar-refractivity contribution in [3.8, 4) is 11.3 Å². The predicted octanol–water partition coefficient (Wildman–Crippen LogP) is 4.31. The molecule has 0 aliphatic heterocycles. The molecule has 1 aliphatic rings. The Labute approximate surface area is 138 Å². The molecule has 124 valence electrons. The van der Waals surface area contributed by atoms with Crippen molar-refractivity contribution < 1.29 is 13.2 Å². The normalized spacial score (nSPS) is 17.8. The van der Waals surface area contributed by atoms with Crippen LogP contribution in [0.5, 0.6) is 0 Å². The highest BCUT2D eigenvalue weighted by atomic mass is 35.5. The van der Waals surface area contributed by atoms with Crippen molar-refractivity contribution in [3.05, 3.63) is 47.4 Å². The lowest BCUT2D eigenvalue weighted by molar-refractivity contribution is -0.141. The highest BCUT2D eigenvalue weighted by Gasteiger charge is 2.32. The summed E-state index contributed by atoms with van der Waals surface area (Å²) in [6, 6.07) is 6.16. The molecule has 0 radical (unpaired) electrons. The summed E-state index contributed by atoms with van der Waals surface area (Å²) < 4.78 is 38.3. The van der Waals surface area contributed by atoms with E-state index >= 15 is 0 Å². The molecule has 2 aromatic rings. The minimum Gasteiger partial charge on any atom is -0.324 e. The van der Waals surface area contributed by atoms with Crippen LogP contribution in [-0.2, 0) is 12.6 Å². The standard InChI is InChI=1S/C16H16F3N3.ClH/c17-16(18,19)15-9-10(7-8-21-15)13-6-5-11-12(20)3-1-2-4-14(11)22-13;/h5-9,12H,1-4,20H2;1H. The molecule has 7 heteroatoms. The van der Waals surface area contributed by atoms with E-state index in [0.29, 0.717) is 11.3 Å². The van der Waals surface area contributed by atoms with Crippen molar-refractivity contribution >= 4 is 12.4 Å². The van der Waals surface area contributed by atoms with Crippen LogP contribution >= 0.6 is 12.4 Å². The molecule has 0 saturated heterocycles. The summed E-state index contributed by atoms with van der Waals surface area (Å²) in [5, 5.41) is 0. The van der Waals surface area contributed by atoms with Gasteiger partial charge in [0.15, 0.2) is 0 Å². The van der Waals surface area contributed by atoms with Crippen LogP contribution in [0.3, 0.4) is 0 Å². The Bertz CT molecular complexity index is 689. The number of fused-ring (bicyclic) bond motifs is 1. The Morgan fingerprint density at radius 3 is 2.65 bits per heavy atom. The van der Waals surface area contributed by atoms with Crippen molar-refractivity contribution in [1.29, 1.82) is 0 Å². The molecule has 1 atom stereocenters. The third-order valence-electron chi connectivity index (χ3n) is 3.93. The van der Waals surface area contributed by atoms with Crippen LogP contribution in [0, 0.1) is 0 Å². The molecule has 0 aromatic carbocycles. The number of alkyl halides is 3. The molecular weight excluding hydrogens is 327 g/mol. The molecular formula is C16H17ClF3N3. The Balaban J connectivity index is 0.00000192. The molecule has 0 fully saturated rings. The zero-order valence-corrected chi connectivity index (χ0v) is 13.1. The quantitative estimate of drug-likeness (QED) is 0.785. The lowest BCUT2D eigenvalue weighted by Crippen LogP contribution is -2.11. The van der Waals surface area contributed by atoms with Gasteiger partial charge in [0.1, 0.15) is 5.69 Å². The summed E-state index contributed by atoms with van der Waals surface area (Å²) >= 11 is 0. The van der Waals surface area contributed by atoms with Gasteiger partial charge in [0.05, 0.1) is 5.69 Å². The fourth-order valence-electron chi connectivity index (χ4n) is 2.77. The smallest absolute Gasteiger partial charge is 0.324 e. The zero-order chi connectivity index (χ0) is 15.7. The number of hydrogen-bond donors (Lipinski definition) is 1. The average Bonchev–Trinajstić information content (AvgIpc) is 2.68. The number of aryl methyl sites for hydroxylation is 1. The van der Waals surface area contributed by atoms with E-state index < -0.39 is 11.9 Å². The van der Waals surface area contributed by atoms with E-state index in [2.05, 4.69) is 9.97 Å². The van der Waals surface area contributed by atoms with Crippen LogP contribution in [0.2, 0.25) is 0 Å². The number of nitrogens with zero attached hydrogens (tertiary/aromatic N) is 2. The minimum atomic E-state index is -4.45. The van der Waals surface area contributed by atoms with Crippen LogP contribution < -0.4 is 5.73 Å². The van der Waals surface area contributed by atoms with E-state index in [9.17, 15) is 13.2 Å². The summed E-state index contributed by atoms with van der Waals surface area (Å²) in [5.41, 5.74) is 8.06. The number of pyridine rings is 2. The number of rotatable bonds is 1. The SMILES string of the molecule is Cl.NC1CCCCc2nc(-c3ccnc(C(F)(F)F)c3)ccc21. The van der Waals surface area contributed by atoms with E-state index in [1.54, 1.807) is 12.1 Å². The number of halogens is 4. The van der Waals surface area contributed by atoms with Gasteiger partial charge >= 0.3 is 6.18 Å². The van der Waals surface area contributed by atoms with E-state index in [1.165, 1.54) is 0 Å². The third kappa shape index (κ3) is 3.82. The first kappa shape index (κ1) is 17.7. The molecule has 2 heterocycles. The average molecular weight is 344 g/mol. The maximum Gasteiger partial charge on any atom is 0.433 e. The van der Waals surface area contributed by atoms with Gasteiger partial charge in [0.2, 0.25) is 0 Å². The van der Waals surface area contributed by atoms with Gasteiger partial charge in [-0.05, 0) is 43.0 Å². The number of aromatic nitrogens is 2. The van der Waals surface area contributed by atoms with E-state index in [4.69, 9.17) is 5.73 Å². The summed E-state index contributed by atoms with van der Waals surface area (Å²) in [6.45, 7) is 0. The van der Waals surface area contributed by atoms with Crippen molar-refractivity contribution in [2.75, 3.05) is 0 Å². The molecule has 3 nitrogen and oxygen atoms in total.